The molecule has 0 radical (unpaired) electrons. The first kappa shape index (κ1) is 25.8. The van der Waals surface area contributed by atoms with Crippen LogP contribution in [0.3, 0.4) is 0 Å². The molecule has 0 aliphatic heterocycles. The van der Waals surface area contributed by atoms with Gasteiger partial charge in [-0.15, -0.1) is 0 Å². The van der Waals surface area contributed by atoms with Gasteiger partial charge in [0.25, 0.3) is 5.97 Å². The summed E-state index contributed by atoms with van der Waals surface area (Å²) in [5.74, 6) is -0.804. The van der Waals surface area contributed by atoms with Gasteiger partial charge in [0.1, 0.15) is 0 Å². The summed E-state index contributed by atoms with van der Waals surface area (Å²) in [4.78, 5) is 0. The highest BCUT2D eigenvalue weighted by Crippen LogP contribution is 2.24. The van der Waals surface area contributed by atoms with E-state index in [1.54, 1.807) is 0 Å². The van der Waals surface area contributed by atoms with Gasteiger partial charge in [0.05, 0.1) is 0 Å². The van der Waals surface area contributed by atoms with Crippen molar-refractivity contribution in [3.63, 3.8) is 0 Å². The van der Waals surface area contributed by atoms with Crippen LogP contribution in [0.4, 0.5) is 0 Å². The minimum atomic E-state index is -0.804. The van der Waals surface area contributed by atoms with Gasteiger partial charge in [-0.3, -0.25) is 0 Å². The summed E-state index contributed by atoms with van der Waals surface area (Å²) in [5, 5.41) is 0. The van der Waals surface area contributed by atoms with Crippen molar-refractivity contribution in [2.45, 2.75) is 85.0 Å². The maximum absolute atomic E-state index is 5.71. The molecule has 3 nitrogen and oxygen atoms in total. The van der Waals surface area contributed by atoms with Crippen LogP contribution in [0.25, 0.3) is 6.08 Å². The summed E-state index contributed by atoms with van der Waals surface area (Å²) >= 11 is 0. The van der Waals surface area contributed by atoms with Crippen LogP contribution >= 0.6 is 0 Å². The molecule has 0 aliphatic carbocycles. The molecule has 0 aromatic heterocycles. The van der Waals surface area contributed by atoms with E-state index in [0.717, 1.165) is 12.8 Å². The van der Waals surface area contributed by atoms with E-state index in [-0.39, 0.29) is 0 Å². The van der Waals surface area contributed by atoms with E-state index < -0.39 is 5.97 Å². The minimum absolute atomic E-state index is 0.622. The van der Waals surface area contributed by atoms with Crippen LogP contribution in [0.1, 0.15) is 84.6 Å². The van der Waals surface area contributed by atoms with Crippen molar-refractivity contribution in [3.05, 3.63) is 42.5 Å². The Morgan fingerprint density at radius 2 is 1.22 bits per heavy atom. The SMILES string of the molecule is C=Cc1ccccc1.CCCCCCCCCC(OCC)(OCC)OCC. The zero-order chi connectivity index (χ0) is 20.2. The number of hydrogen-bond donors (Lipinski definition) is 0. The third kappa shape index (κ3) is 13.6. The van der Waals surface area contributed by atoms with Crippen LogP contribution in [-0.2, 0) is 14.2 Å². The number of hydrogen-bond acceptors (Lipinski definition) is 3. The average molecular weight is 379 g/mol. The van der Waals surface area contributed by atoms with Crippen molar-refractivity contribution in [2.24, 2.45) is 0 Å². The highest BCUT2D eigenvalue weighted by atomic mass is 16.9. The fraction of sp³-hybridized carbons (Fsp3) is 0.667. The quantitative estimate of drug-likeness (QED) is 0.238. The lowest BCUT2D eigenvalue weighted by Crippen LogP contribution is -2.39. The Kier molecular flexibility index (Phi) is 17.4. The lowest BCUT2D eigenvalue weighted by molar-refractivity contribution is -0.380. The fourth-order valence-corrected chi connectivity index (χ4v) is 2.89. The van der Waals surface area contributed by atoms with Crippen LogP contribution in [0.2, 0.25) is 0 Å². The summed E-state index contributed by atoms with van der Waals surface area (Å²) in [7, 11) is 0. The van der Waals surface area contributed by atoms with Crippen molar-refractivity contribution in [1.82, 2.24) is 0 Å². The van der Waals surface area contributed by atoms with E-state index in [4.69, 9.17) is 14.2 Å². The molecule has 27 heavy (non-hydrogen) atoms. The number of rotatable bonds is 15. The molecule has 0 saturated carbocycles. The van der Waals surface area contributed by atoms with Crippen LogP contribution in [-0.4, -0.2) is 25.8 Å². The third-order valence-corrected chi connectivity index (χ3v) is 4.21. The van der Waals surface area contributed by atoms with Crippen molar-refractivity contribution in [2.75, 3.05) is 19.8 Å². The molecule has 0 fully saturated rings. The molecule has 0 saturated heterocycles. The largest absolute Gasteiger partial charge is 0.328 e. The summed E-state index contributed by atoms with van der Waals surface area (Å²) in [5.41, 5.74) is 1.17. The molecule has 0 amide bonds. The number of unbranched alkanes of at least 4 members (excludes halogenated alkanes) is 6. The average Bonchev–Trinajstić information content (AvgIpc) is 2.69. The molecule has 1 aromatic rings. The van der Waals surface area contributed by atoms with Gasteiger partial charge in [-0.05, 0) is 32.8 Å². The highest BCUT2D eigenvalue weighted by molar-refractivity contribution is 5.45. The summed E-state index contributed by atoms with van der Waals surface area (Å²) in [6.07, 6.45) is 11.7. The summed E-state index contributed by atoms with van der Waals surface area (Å²) in [6.45, 7) is 13.7. The summed E-state index contributed by atoms with van der Waals surface area (Å²) < 4.78 is 17.1. The minimum Gasteiger partial charge on any atom is -0.328 e. The summed E-state index contributed by atoms with van der Waals surface area (Å²) in [6, 6.07) is 10.0. The third-order valence-electron chi connectivity index (χ3n) is 4.21. The molecule has 3 heteroatoms. The predicted octanol–water partition coefficient (Wildman–Crippen LogP) is 7.22. The van der Waals surface area contributed by atoms with Crippen LogP contribution in [0.15, 0.2) is 36.9 Å². The van der Waals surface area contributed by atoms with Gasteiger partial charge < -0.3 is 14.2 Å². The molecular weight excluding hydrogens is 336 g/mol. The second kappa shape index (κ2) is 18.2. The number of benzene rings is 1. The Bertz CT molecular complexity index is 413. The fourth-order valence-electron chi connectivity index (χ4n) is 2.89. The molecule has 0 N–H and O–H groups in total. The molecule has 1 rings (SSSR count). The van der Waals surface area contributed by atoms with Gasteiger partial charge in [-0.1, -0.05) is 88.4 Å². The first-order valence-electron chi connectivity index (χ1n) is 10.8. The Hall–Kier alpha value is -1.16. The van der Waals surface area contributed by atoms with E-state index in [2.05, 4.69) is 13.5 Å². The Labute approximate surface area is 168 Å². The topological polar surface area (TPSA) is 27.7 Å². The molecular formula is C24H42O3. The van der Waals surface area contributed by atoms with Gasteiger partial charge in [0, 0.05) is 26.2 Å². The van der Waals surface area contributed by atoms with E-state index in [9.17, 15) is 0 Å². The molecule has 156 valence electrons. The molecule has 0 bridgehead atoms. The second-order valence-electron chi connectivity index (χ2n) is 6.47. The zero-order valence-electron chi connectivity index (χ0n) is 18.2. The standard InChI is InChI=1S/C16H34O3.C8H8/c1-5-9-10-11-12-13-14-15-16(17-6-2,18-7-3)19-8-4;1-2-8-6-4-3-5-7-8/h5-15H2,1-4H3;2-7H,1H2. The van der Waals surface area contributed by atoms with E-state index in [1.165, 1.54) is 44.1 Å². The van der Waals surface area contributed by atoms with Gasteiger partial charge >= 0.3 is 0 Å². The van der Waals surface area contributed by atoms with Gasteiger partial charge in [-0.2, -0.15) is 0 Å². The second-order valence-corrected chi connectivity index (χ2v) is 6.47. The van der Waals surface area contributed by atoms with Crippen molar-refractivity contribution < 1.29 is 14.2 Å². The van der Waals surface area contributed by atoms with Crippen LogP contribution < -0.4 is 0 Å². The van der Waals surface area contributed by atoms with E-state index in [1.807, 2.05) is 57.2 Å². The zero-order valence-corrected chi connectivity index (χ0v) is 18.2. The van der Waals surface area contributed by atoms with Gasteiger partial charge in [0.2, 0.25) is 0 Å². The Balaban J connectivity index is 0.000000694. The van der Waals surface area contributed by atoms with Crippen LogP contribution in [0, 0.1) is 0 Å². The normalized spacial score (nSPS) is 11.0. The van der Waals surface area contributed by atoms with E-state index >= 15 is 0 Å². The smallest absolute Gasteiger partial charge is 0.282 e. The lowest BCUT2D eigenvalue weighted by atomic mass is 10.1. The number of ether oxygens (including phenoxy) is 3. The van der Waals surface area contributed by atoms with Crippen molar-refractivity contribution in [3.8, 4) is 0 Å². The first-order chi connectivity index (χ1) is 13.2. The molecule has 0 heterocycles. The maximum Gasteiger partial charge on any atom is 0.282 e. The Morgan fingerprint density at radius 3 is 1.63 bits per heavy atom. The van der Waals surface area contributed by atoms with Crippen molar-refractivity contribution >= 4 is 6.08 Å². The molecule has 1 aromatic carbocycles. The molecule has 0 unspecified atom stereocenters. The highest BCUT2D eigenvalue weighted by Gasteiger charge is 2.31. The molecule has 0 atom stereocenters. The maximum atomic E-state index is 5.71. The molecule has 0 spiro atoms. The van der Waals surface area contributed by atoms with Gasteiger partial charge in [-0.25, -0.2) is 0 Å². The van der Waals surface area contributed by atoms with Gasteiger partial charge in [0.15, 0.2) is 0 Å². The van der Waals surface area contributed by atoms with E-state index in [0.29, 0.717) is 19.8 Å². The van der Waals surface area contributed by atoms with Crippen molar-refractivity contribution in [1.29, 1.82) is 0 Å². The molecule has 0 aliphatic rings. The first-order valence-corrected chi connectivity index (χ1v) is 10.8. The van der Waals surface area contributed by atoms with Crippen LogP contribution in [0.5, 0.6) is 0 Å². The monoisotopic (exact) mass is 378 g/mol. The predicted molar refractivity (Wildman–Crippen MR) is 117 cm³/mol. The lowest BCUT2D eigenvalue weighted by Gasteiger charge is -2.32. The Morgan fingerprint density at radius 1 is 0.741 bits per heavy atom.